The average molecular weight is 479 g/mol. The van der Waals surface area contributed by atoms with Crippen molar-refractivity contribution in [1.82, 2.24) is 9.55 Å². The SMILES string of the molecule is CC.CCCCC(=O)OC1C(=O)OCc2c1cc1n(c2=O)Cc2c-1nc1ccc(O)cc1c2CC. The summed E-state index contributed by atoms with van der Waals surface area (Å²) in [6, 6.07) is 6.76. The van der Waals surface area contributed by atoms with Crippen molar-refractivity contribution >= 4 is 22.8 Å². The Hall–Kier alpha value is -3.68. The van der Waals surface area contributed by atoms with Gasteiger partial charge in [-0.3, -0.25) is 9.59 Å². The van der Waals surface area contributed by atoms with E-state index in [1.54, 1.807) is 28.8 Å². The number of fused-ring (bicyclic) bond motifs is 5. The predicted molar refractivity (Wildman–Crippen MR) is 131 cm³/mol. The van der Waals surface area contributed by atoms with Crippen molar-refractivity contribution in [2.45, 2.75) is 72.6 Å². The van der Waals surface area contributed by atoms with Gasteiger partial charge < -0.3 is 19.1 Å². The Labute approximate surface area is 203 Å². The van der Waals surface area contributed by atoms with Crippen LogP contribution in [0.5, 0.6) is 5.75 Å². The van der Waals surface area contributed by atoms with Crippen molar-refractivity contribution in [2.24, 2.45) is 0 Å². The topological polar surface area (TPSA) is 108 Å². The number of aromatic nitrogens is 2. The summed E-state index contributed by atoms with van der Waals surface area (Å²) in [5.41, 5.74) is 4.30. The number of aromatic hydroxyl groups is 1. The van der Waals surface area contributed by atoms with Gasteiger partial charge in [0, 0.05) is 22.9 Å². The second kappa shape index (κ2) is 9.90. The number of unbranched alkanes of at least 4 members (excludes halogenated alkanes) is 1. The lowest BCUT2D eigenvalue weighted by Crippen LogP contribution is -2.34. The number of carbonyl (C=O) groups is 2. The van der Waals surface area contributed by atoms with E-state index in [-0.39, 0.29) is 24.3 Å². The maximum atomic E-state index is 13.4. The molecule has 0 fully saturated rings. The van der Waals surface area contributed by atoms with E-state index in [1.165, 1.54) is 0 Å². The smallest absolute Gasteiger partial charge is 0.352 e. The highest BCUT2D eigenvalue weighted by molar-refractivity contribution is 5.89. The van der Waals surface area contributed by atoms with Crippen LogP contribution in [-0.4, -0.2) is 26.6 Å². The van der Waals surface area contributed by atoms with Crippen molar-refractivity contribution in [3.8, 4) is 17.1 Å². The Balaban J connectivity index is 0.00000141. The Morgan fingerprint density at radius 3 is 2.69 bits per heavy atom. The van der Waals surface area contributed by atoms with Crippen LogP contribution in [-0.2, 0) is 38.6 Å². The number of phenols is 1. The molecule has 0 spiro atoms. The summed E-state index contributed by atoms with van der Waals surface area (Å²) in [6.45, 7) is 8.17. The highest BCUT2D eigenvalue weighted by atomic mass is 16.6. The molecule has 2 aliphatic heterocycles. The van der Waals surface area contributed by atoms with Crippen molar-refractivity contribution in [1.29, 1.82) is 0 Å². The summed E-state index contributed by atoms with van der Waals surface area (Å²) in [5.74, 6) is -1.01. The Morgan fingerprint density at radius 1 is 1.20 bits per heavy atom. The number of carbonyl (C=O) groups excluding carboxylic acids is 2. The number of nitrogens with zero attached hydrogens (tertiary/aromatic N) is 2. The predicted octanol–water partition coefficient (Wildman–Crippen LogP) is 4.55. The summed E-state index contributed by atoms with van der Waals surface area (Å²) in [7, 11) is 0. The lowest BCUT2D eigenvalue weighted by molar-refractivity contribution is -0.171. The zero-order valence-electron chi connectivity index (χ0n) is 20.5. The van der Waals surface area contributed by atoms with Crippen molar-refractivity contribution in [2.75, 3.05) is 0 Å². The first kappa shape index (κ1) is 24.4. The molecule has 1 aromatic carbocycles. The molecule has 184 valence electrons. The van der Waals surface area contributed by atoms with E-state index in [0.29, 0.717) is 47.4 Å². The number of esters is 2. The zero-order chi connectivity index (χ0) is 25.3. The monoisotopic (exact) mass is 478 g/mol. The highest BCUT2D eigenvalue weighted by Crippen LogP contribution is 2.39. The number of benzene rings is 1. The van der Waals surface area contributed by atoms with Gasteiger partial charge in [-0.1, -0.05) is 34.1 Å². The summed E-state index contributed by atoms with van der Waals surface area (Å²) in [4.78, 5) is 42.9. The molecule has 3 aromatic rings. The van der Waals surface area contributed by atoms with Gasteiger partial charge in [0.15, 0.2) is 0 Å². The largest absolute Gasteiger partial charge is 0.508 e. The fourth-order valence-electron chi connectivity index (χ4n) is 4.71. The van der Waals surface area contributed by atoms with E-state index >= 15 is 0 Å². The molecule has 0 amide bonds. The van der Waals surface area contributed by atoms with Crippen LogP contribution < -0.4 is 5.56 Å². The first-order valence-corrected chi connectivity index (χ1v) is 12.2. The standard InChI is InChI=1S/C25H24N2O6.C2H6/c1-3-5-6-21(29)33-23-16-10-20-22-17(11-27(20)24(30)18(16)12-32-25(23)31)14(4-2)15-9-13(28)7-8-19(15)26-22;1-2/h7-10,23,28H,3-6,11-12H2,1-2H3;1-2H3. The Morgan fingerprint density at radius 2 is 1.97 bits per heavy atom. The second-order valence-electron chi connectivity index (χ2n) is 8.41. The number of pyridine rings is 2. The zero-order valence-corrected chi connectivity index (χ0v) is 20.5. The molecule has 0 aliphatic carbocycles. The van der Waals surface area contributed by atoms with Crippen LogP contribution in [0.3, 0.4) is 0 Å². The number of hydrogen-bond acceptors (Lipinski definition) is 7. The summed E-state index contributed by atoms with van der Waals surface area (Å²) in [6.07, 6.45) is 1.11. The Kier molecular flexibility index (Phi) is 6.91. The lowest BCUT2D eigenvalue weighted by atomic mass is 9.97. The van der Waals surface area contributed by atoms with Crippen molar-refractivity contribution in [3.05, 3.63) is 56.9 Å². The van der Waals surface area contributed by atoms with Gasteiger partial charge in [0.25, 0.3) is 5.56 Å². The molecule has 35 heavy (non-hydrogen) atoms. The normalized spacial score (nSPS) is 15.4. The van der Waals surface area contributed by atoms with Crippen LogP contribution in [0.25, 0.3) is 22.3 Å². The first-order valence-electron chi connectivity index (χ1n) is 12.2. The number of cyclic esters (lactones) is 1. The minimum Gasteiger partial charge on any atom is -0.508 e. The van der Waals surface area contributed by atoms with E-state index in [9.17, 15) is 19.5 Å². The molecule has 8 nitrogen and oxygen atoms in total. The second-order valence-corrected chi connectivity index (χ2v) is 8.41. The molecule has 8 heteroatoms. The number of aryl methyl sites for hydroxylation is 1. The van der Waals surface area contributed by atoms with E-state index in [1.807, 2.05) is 27.7 Å². The molecule has 1 N–H and O–H groups in total. The molecule has 5 rings (SSSR count). The van der Waals surface area contributed by atoms with Gasteiger partial charge in [0.2, 0.25) is 6.10 Å². The summed E-state index contributed by atoms with van der Waals surface area (Å²) in [5, 5.41) is 10.8. The molecule has 0 radical (unpaired) electrons. The Bertz CT molecular complexity index is 1370. The van der Waals surface area contributed by atoms with Gasteiger partial charge in [0.1, 0.15) is 12.4 Å². The fraction of sp³-hybridized carbons (Fsp3) is 0.407. The molecule has 4 heterocycles. The average Bonchev–Trinajstić information content (AvgIpc) is 3.23. The van der Waals surface area contributed by atoms with Crippen molar-refractivity contribution in [3.63, 3.8) is 0 Å². The minimum absolute atomic E-state index is 0.156. The van der Waals surface area contributed by atoms with Gasteiger partial charge in [-0.05, 0) is 42.7 Å². The fourth-order valence-corrected chi connectivity index (χ4v) is 4.71. The van der Waals surface area contributed by atoms with Gasteiger partial charge in [0.05, 0.1) is 29.0 Å². The third kappa shape index (κ3) is 4.17. The molecule has 0 bridgehead atoms. The third-order valence-corrected chi connectivity index (χ3v) is 6.37. The summed E-state index contributed by atoms with van der Waals surface area (Å²) < 4.78 is 12.3. The van der Waals surface area contributed by atoms with Gasteiger partial charge in [-0.15, -0.1) is 0 Å². The number of hydrogen-bond donors (Lipinski definition) is 1. The molecule has 2 aromatic heterocycles. The van der Waals surface area contributed by atoms with Crippen LogP contribution in [0.2, 0.25) is 0 Å². The molecule has 0 saturated heterocycles. The van der Waals surface area contributed by atoms with Gasteiger partial charge >= 0.3 is 11.9 Å². The van der Waals surface area contributed by atoms with E-state index in [4.69, 9.17) is 14.5 Å². The summed E-state index contributed by atoms with van der Waals surface area (Å²) >= 11 is 0. The minimum atomic E-state index is -1.26. The van der Waals surface area contributed by atoms with E-state index in [2.05, 4.69) is 0 Å². The molecule has 1 atom stereocenters. The molecule has 1 unspecified atom stereocenters. The van der Waals surface area contributed by atoms with Gasteiger partial charge in [-0.2, -0.15) is 0 Å². The van der Waals surface area contributed by atoms with Crippen LogP contribution in [0.1, 0.15) is 75.3 Å². The molecule has 2 aliphatic rings. The maximum Gasteiger partial charge on any atom is 0.352 e. The van der Waals surface area contributed by atoms with Crippen LogP contribution >= 0.6 is 0 Å². The van der Waals surface area contributed by atoms with Crippen molar-refractivity contribution < 1.29 is 24.2 Å². The van der Waals surface area contributed by atoms with E-state index in [0.717, 1.165) is 22.9 Å². The maximum absolute atomic E-state index is 13.4. The first-order chi connectivity index (χ1) is 16.9. The third-order valence-electron chi connectivity index (χ3n) is 6.37. The van der Waals surface area contributed by atoms with Gasteiger partial charge in [-0.25, -0.2) is 9.78 Å². The number of phenolic OH excluding ortho intramolecular Hbond substituents is 1. The quantitative estimate of drug-likeness (QED) is 0.419. The number of ether oxygens (including phenoxy) is 2. The lowest BCUT2D eigenvalue weighted by Gasteiger charge is -2.25. The molecular weight excluding hydrogens is 448 g/mol. The van der Waals surface area contributed by atoms with Crippen LogP contribution in [0.4, 0.5) is 0 Å². The molecule has 0 saturated carbocycles. The van der Waals surface area contributed by atoms with Crippen LogP contribution in [0, 0.1) is 0 Å². The number of rotatable bonds is 5. The van der Waals surface area contributed by atoms with Crippen LogP contribution in [0.15, 0.2) is 29.1 Å². The molecular formula is C27H30N2O6. The highest BCUT2D eigenvalue weighted by Gasteiger charge is 2.37. The van der Waals surface area contributed by atoms with E-state index < -0.39 is 18.0 Å².